The van der Waals surface area contributed by atoms with Crippen molar-refractivity contribution in [3.05, 3.63) is 53.5 Å². The van der Waals surface area contributed by atoms with Crippen molar-refractivity contribution in [2.45, 2.75) is 14.9 Å². The molecule has 102 valence electrons. The molecular formula is C12H12Cl2N2O2S. The van der Waals surface area contributed by atoms with Gasteiger partial charge >= 0.3 is 0 Å². The molecule has 0 spiro atoms. The topological polar surface area (TPSA) is 86.2 Å². The maximum atomic E-state index is 12.4. The van der Waals surface area contributed by atoms with E-state index in [-0.39, 0.29) is 9.80 Å². The molecule has 4 N–H and O–H groups in total. The molecule has 0 bridgehead atoms. The zero-order valence-electron chi connectivity index (χ0n) is 9.75. The van der Waals surface area contributed by atoms with E-state index in [4.69, 9.17) is 34.7 Å². The van der Waals surface area contributed by atoms with Crippen molar-refractivity contribution in [3.8, 4) is 0 Å². The molecule has 0 heterocycles. The molecule has 1 aliphatic carbocycles. The van der Waals surface area contributed by atoms with Crippen LogP contribution in [0.3, 0.4) is 0 Å². The van der Waals surface area contributed by atoms with Gasteiger partial charge in [-0.15, -0.1) is 0 Å². The lowest BCUT2D eigenvalue weighted by Gasteiger charge is -2.34. The first-order valence-corrected chi connectivity index (χ1v) is 7.58. The van der Waals surface area contributed by atoms with E-state index in [0.717, 1.165) is 6.08 Å². The van der Waals surface area contributed by atoms with Gasteiger partial charge in [0.1, 0.15) is 5.66 Å². The van der Waals surface area contributed by atoms with Crippen molar-refractivity contribution in [2.24, 2.45) is 11.5 Å². The number of alkyl halides is 2. The molecule has 1 aliphatic rings. The van der Waals surface area contributed by atoms with Crippen molar-refractivity contribution in [1.82, 2.24) is 0 Å². The summed E-state index contributed by atoms with van der Waals surface area (Å²) in [6.07, 6.45) is 3.74. The van der Waals surface area contributed by atoms with E-state index < -0.39 is 19.8 Å². The highest BCUT2D eigenvalue weighted by Crippen LogP contribution is 2.38. The molecule has 0 atom stereocenters. The van der Waals surface area contributed by atoms with Gasteiger partial charge in [-0.25, -0.2) is 8.42 Å². The molecule has 19 heavy (non-hydrogen) atoms. The molecule has 1 aromatic rings. The van der Waals surface area contributed by atoms with Gasteiger partial charge in [0.15, 0.2) is 4.33 Å². The quantitative estimate of drug-likeness (QED) is 0.642. The van der Waals surface area contributed by atoms with E-state index in [1.54, 1.807) is 18.2 Å². The Labute approximate surface area is 121 Å². The molecule has 7 heteroatoms. The molecule has 0 unspecified atom stereocenters. The van der Waals surface area contributed by atoms with E-state index in [2.05, 4.69) is 0 Å². The van der Waals surface area contributed by atoms with E-state index in [1.165, 1.54) is 24.3 Å². The maximum absolute atomic E-state index is 12.4. The summed E-state index contributed by atoms with van der Waals surface area (Å²) >= 11 is 12.0. The van der Waals surface area contributed by atoms with Gasteiger partial charge in [0.25, 0.3) is 0 Å². The molecule has 0 aliphatic heterocycles. The van der Waals surface area contributed by atoms with E-state index in [9.17, 15) is 8.42 Å². The third-order valence-electron chi connectivity index (χ3n) is 2.79. The second-order valence-corrected chi connectivity index (χ2v) is 7.59. The first kappa shape index (κ1) is 14.6. The summed E-state index contributed by atoms with van der Waals surface area (Å²) in [5.74, 6) is 0. The Kier molecular flexibility index (Phi) is 3.53. The first-order valence-electron chi connectivity index (χ1n) is 5.35. The Morgan fingerprint density at radius 1 is 1.05 bits per heavy atom. The van der Waals surface area contributed by atoms with Crippen LogP contribution < -0.4 is 11.5 Å². The Balaban J connectivity index is 2.51. The summed E-state index contributed by atoms with van der Waals surface area (Å²) in [5, 5.41) is 0. The number of rotatable bonds is 2. The normalized spacial score (nSPS) is 20.9. The Hall–Kier alpha value is -0.850. The van der Waals surface area contributed by atoms with Crippen LogP contribution in [0.15, 0.2) is 58.4 Å². The second-order valence-electron chi connectivity index (χ2n) is 4.25. The average molecular weight is 319 g/mol. The van der Waals surface area contributed by atoms with Crippen LogP contribution in [-0.4, -0.2) is 18.4 Å². The Morgan fingerprint density at radius 2 is 1.63 bits per heavy atom. The highest BCUT2D eigenvalue weighted by Gasteiger charge is 2.44. The summed E-state index contributed by atoms with van der Waals surface area (Å²) in [4.78, 5) is 0.117. The zero-order chi connectivity index (χ0) is 14.3. The fourth-order valence-corrected chi connectivity index (χ4v) is 3.44. The SMILES string of the molecule is NC1(N)C=CC(S(=O)(=O)c2ccccc2)=CC1(Cl)Cl. The molecule has 1 aromatic carbocycles. The summed E-state index contributed by atoms with van der Waals surface area (Å²) in [6.45, 7) is 0. The fourth-order valence-electron chi connectivity index (χ4n) is 1.59. The van der Waals surface area contributed by atoms with Crippen molar-refractivity contribution >= 4 is 33.0 Å². The van der Waals surface area contributed by atoms with Crippen LogP contribution in [0.2, 0.25) is 0 Å². The van der Waals surface area contributed by atoms with Gasteiger partial charge in [-0.05, 0) is 30.4 Å². The molecule has 4 nitrogen and oxygen atoms in total. The van der Waals surface area contributed by atoms with E-state index in [0.29, 0.717) is 0 Å². The van der Waals surface area contributed by atoms with E-state index >= 15 is 0 Å². The number of nitrogens with two attached hydrogens (primary N) is 2. The van der Waals surface area contributed by atoms with E-state index in [1.807, 2.05) is 0 Å². The van der Waals surface area contributed by atoms with Gasteiger partial charge in [0.2, 0.25) is 9.84 Å². The van der Waals surface area contributed by atoms with Gasteiger partial charge in [-0.2, -0.15) is 0 Å². The van der Waals surface area contributed by atoms with Crippen LogP contribution in [0.5, 0.6) is 0 Å². The molecular weight excluding hydrogens is 307 g/mol. The lowest BCUT2D eigenvalue weighted by atomic mass is 10.0. The monoisotopic (exact) mass is 318 g/mol. The minimum absolute atomic E-state index is 0.0322. The van der Waals surface area contributed by atoms with Gasteiger partial charge in [0, 0.05) is 0 Å². The number of halogens is 2. The number of benzene rings is 1. The number of hydrogen-bond acceptors (Lipinski definition) is 4. The standard InChI is InChI=1S/C12H12Cl2N2O2S/c13-11(14)8-10(6-7-12(11,15)16)19(17,18)9-4-2-1-3-5-9/h1-8H,15-16H2. The maximum Gasteiger partial charge on any atom is 0.206 e. The molecule has 0 amide bonds. The van der Waals surface area contributed by atoms with Crippen LogP contribution in [0.4, 0.5) is 0 Å². The first-order chi connectivity index (χ1) is 8.67. The summed E-state index contributed by atoms with van der Waals surface area (Å²) < 4.78 is 23.0. The summed E-state index contributed by atoms with van der Waals surface area (Å²) in [6, 6.07) is 7.96. The average Bonchev–Trinajstić information content (AvgIpc) is 2.34. The van der Waals surface area contributed by atoms with Crippen LogP contribution in [0.25, 0.3) is 0 Å². The minimum atomic E-state index is -3.69. The molecule has 0 radical (unpaired) electrons. The zero-order valence-corrected chi connectivity index (χ0v) is 12.1. The van der Waals surface area contributed by atoms with Crippen molar-refractivity contribution in [1.29, 1.82) is 0 Å². The van der Waals surface area contributed by atoms with Gasteiger partial charge in [-0.3, -0.25) is 0 Å². The van der Waals surface area contributed by atoms with Crippen LogP contribution >= 0.6 is 23.2 Å². The fraction of sp³-hybridized carbons (Fsp3) is 0.167. The minimum Gasteiger partial charge on any atom is -0.307 e. The highest BCUT2D eigenvalue weighted by molar-refractivity contribution is 7.95. The Bertz CT molecular complexity index is 650. The van der Waals surface area contributed by atoms with Gasteiger partial charge in [0.05, 0.1) is 9.80 Å². The van der Waals surface area contributed by atoms with Crippen molar-refractivity contribution in [2.75, 3.05) is 0 Å². The molecule has 2 rings (SSSR count). The molecule has 0 aromatic heterocycles. The predicted molar refractivity (Wildman–Crippen MR) is 76.4 cm³/mol. The van der Waals surface area contributed by atoms with Crippen LogP contribution in [-0.2, 0) is 9.84 Å². The van der Waals surface area contributed by atoms with Gasteiger partial charge in [-0.1, -0.05) is 41.4 Å². The number of allylic oxidation sites excluding steroid dienone is 1. The molecule has 0 saturated carbocycles. The number of hydrogen-bond donors (Lipinski definition) is 2. The van der Waals surface area contributed by atoms with Crippen LogP contribution in [0.1, 0.15) is 0 Å². The molecule has 0 fully saturated rings. The highest BCUT2D eigenvalue weighted by atomic mass is 35.5. The predicted octanol–water partition coefficient (Wildman–Crippen LogP) is 1.70. The van der Waals surface area contributed by atoms with Crippen molar-refractivity contribution in [3.63, 3.8) is 0 Å². The van der Waals surface area contributed by atoms with Crippen molar-refractivity contribution < 1.29 is 8.42 Å². The Morgan fingerprint density at radius 3 is 2.16 bits per heavy atom. The molecule has 0 saturated heterocycles. The second kappa shape index (κ2) is 4.61. The summed E-state index contributed by atoms with van der Waals surface area (Å²) in [7, 11) is -3.69. The smallest absolute Gasteiger partial charge is 0.206 e. The lowest BCUT2D eigenvalue weighted by Crippen LogP contribution is -2.60. The van der Waals surface area contributed by atoms with Crippen LogP contribution in [0, 0.1) is 0 Å². The third kappa shape index (κ3) is 2.57. The third-order valence-corrected chi connectivity index (χ3v) is 5.43. The lowest BCUT2D eigenvalue weighted by molar-refractivity contribution is 0.527. The summed E-state index contributed by atoms with van der Waals surface area (Å²) in [5.41, 5.74) is 9.85. The largest absolute Gasteiger partial charge is 0.307 e. The van der Waals surface area contributed by atoms with Gasteiger partial charge < -0.3 is 11.5 Å². The number of sulfone groups is 1.